The summed E-state index contributed by atoms with van der Waals surface area (Å²) in [6.07, 6.45) is 2.46. The summed E-state index contributed by atoms with van der Waals surface area (Å²) in [5.74, 6) is -0.194. The molecular formula is C35H30FN5O4S. The van der Waals surface area contributed by atoms with Gasteiger partial charge in [-0.3, -0.25) is 14.6 Å². The number of aryl methyl sites for hydroxylation is 2. The van der Waals surface area contributed by atoms with Crippen LogP contribution < -0.4 is 5.32 Å². The molecule has 5 heterocycles. The van der Waals surface area contributed by atoms with E-state index in [-0.39, 0.29) is 36.2 Å². The molecule has 46 heavy (non-hydrogen) atoms. The second kappa shape index (κ2) is 11.3. The van der Waals surface area contributed by atoms with Crippen LogP contribution in [-0.4, -0.2) is 43.5 Å². The number of nitrogens with one attached hydrogen (secondary N) is 1. The molecular weight excluding hydrogens is 605 g/mol. The van der Waals surface area contributed by atoms with Crippen LogP contribution in [0, 0.1) is 12.7 Å². The molecule has 11 heteroatoms. The first-order valence-electron chi connectivity index (χ1n) is 15.5. The van der Waals surface area contributed by atoms with Crippen molar-refractivity contribution in [2.75, 3.05) is 6.54 Å². The standard InChI is InChI=1S/C35H30FN5O4S/c1-18-39-40-34(45-18)29-24(17-26(42)20-8-11-21(36)12-9-20)37-32-25-7-4-16-41(25)35(44)31(32)30(29)27-14-15-28(46-27)33(43)38-23-13-10-19-5-2-3-6-22(19)23/h2-3,5-6,8-9,11-12,14-15,23,25-26,42H,4,7,10,13,16-17H2,1H3,(H,38,43)/t23-,25-,26+/m0/s1. The molecule has 1 fully saturated rings. The van der Waals surface area contributed by atoms with Crippen LogP contribution in [0.25, 0.3) is 21.9 Å². The van der Waals surface area contributed by atoms with Crippen LogP contribution in [0.4, 0.5) is 4.39 Å². The first-order valence-corrected chi connectivity index (χ1v) is 16.3. The number of fused-ring (bicyclic) bond motifs is 4. The lowest BCUT2D eigenvalue weighted by Gasteiger charge is -2.18. The molecule has 0 bridgehead atoms. The van der Waals surface area contributed by atoms with E-state index in [1.54, 1.807) is 25.1 Å². The number of pyridine rings is 1. The number of aromatic nitrogens is 3. The fourth-order valence-corrected chi connectivity index (χ4v) is 8.06. The Morgan fingerprint density at radius 2 is 1.91 bits per heavy atom. The minimum Gasteiger partial charge on any atom is -0.421 e. The third-order valence-electron chi connectivity index (χ3n) is 9.24. The number of rotatable bonds is 7. The van der Waals surface area contributed by atoms with E-state index in [1.807, 2.05) is 23.1 Å². The number of nitrogens with zero attached hydrogens (tertiary/aromatic N) is 4. The van der Waals surface area contributed by atoms with Gasteiger partial charge in [-0.2, -0.15) is 0 Å². The number of amides is 2. The first kappa shape index (κ1) is 28.7. The van der Waals surface area contributed by atoms with Gasteiger partial charge in [0, 0.05) is 30.3 Å². The minimum absolute atomic E-state index is 0.0589. The number of halogens is 1. The number of aliphatic hydroxyl groups excluding tert-OH is 1. The van der Waals surface area contributed by atoms with Gasteiger partial charge in [0.15, 0.2) is 0 Å². The number of carbonyl (C=O) groups excluding carboxylic acids is 2. The lowest BCUT2D eigenvalue weighted by atomic mass is 9.92. The normalized spacial score (nSPS) is 18.8. The van der Waals surface area contributed by atoms with Gasteiger partial charge in [-0.15, -0.1) is 21.5 Å². The van der Waals surface area contributed by atoms with E-state index in [9.17, 15) is 19.1 Å². The van der Waals surface area contributed by atoms with Crippen molar-refractivity contribution in [1.29, 1.82) is 0 Å². The number of hydrogen-bond acceptors (Lipinski definition) is 8. The van der Waals surface area contributed by atoms with Crippen molar-refractivity contribution >= 4 is 23.2 Å². The predicted molar refractivity (Wildman–Crippen MR) is 169 cm³/mol. The van der Waals surface area contributed by atoms with Gasteiger partial charge in [-0.1, -0.05) is 36.4 Å². The van der Waals surface area contributed by atoms with E-state index in [0.717, 1.165) is 31.2 Å². The number of carbonyl (C=O) groups is 2. The Morgan fingerprint density at radius 3 is 2.72 bits per heavy atom. The van der Waals surface area contributed by atoms with E-state index < -0.39 is 11.9 Å². The number of aliphatic hydroxyl groups is 1. The fraction of sp³-hybridized carbons (Fsp3) is 0.286. The number of hydrogen-bond donors (Lipinski definition) is 2. The van der Waals surface area contributed by atoms with Crippen LogP contribution in [0.1, 0.15) is 91.4 Å². The van der Waals surface area contributed by atoms with Gasteiger partial charge in [-0.25, -0.2) is 4.39 Å². The van der Waals surface area contributed by atoms with Crippen molar-refractivity contribution in [1.82, 2.24) is 25.4 Å². The van der Waals surface area contributed by atoms with Gasteiger partial charge >= 0.3 is 0 Å². The van der Waals surface area contributed by atoms with E-state index >= 15 is 0 Å². The molecule has 0 spiro atoms. The Bertz CT molecular complexity index is 2000. The second-order valence-corrected chi connectivity index (χ2v) is 13.1. The summed E-state index contributed by atoms with van der Waals surface area (Å²) >= 11 is 1.29. The molecule has 8 rings (SSSR count). The van der Waals surface area contributed by atoms with Crippen LogP contribution in [-0.2, 0) is 12.8 Å². The molecule has 3 aliphatic rings. The Balaban J connectivity index is 1.24. The van der Waals surface area contributed by atoms with Gasteiger partial charge in [0.2, 0.25) is 11.8 Å². The largest absolute Gasteiger partial charge is 0.421 e. The van der Waals surface area contributed by atoms with E-state index in [1.165, 1.54) is 29.0 Å². The summed E-state index contributed by atoms with van der Waals surface area (Å²) in [5, 5.41) is 22.9. The van der Waals surface area contributed by atoms with Crippen LogP contribution in [0.15, 0.2) is 65.1 Å². The van der Waals surface area contributed by atoms with Gasteiger partial charge < -0.3 is 19.7 Å². The summed E-state index contributed by atoms with van der Waals surface area (Å²) in [7, 11) is 0. The molecule has 3 atom stereocenters. The van der Waals surface area contributed by atoms with Gasteiger partial charge in [-0.05, 0) is 66.6 Å². The highest BCUT2D eigenvalue weighted by molar-refractivity contribution is 7.17. The van der Waals surface area contributed by atoms with E-state index in [0.29, 0.717) is 55.8 Å². The first-order chi connectivity index (χ1) is 22.4. The average Bonchev–Trinajstić information content (AvgIpc) is 3.89. The lowest BCUT2D eigenvalue weighted by Crippen LogP contribution is -2.26. The Labute approximate surface area is 268 Å². The van der Waals surface area contributed by atoms with Crippen molar-refractivity contribution in [3.8, 4) is 21.9 Å². The molecule has 2 aliphatic heterocycles. The third kappa shape index (κ3) is 4.81. The fourth-order valence-electron chi connectivity index (χ4n) is 7.09. The van der Waals surface area contributed by atoms with Crippen molar-refractivity contribution in [3.05, 3.63) is 111 Å². The van der Waals surface area contributed by atoms with Crippen molar-refractivity contribution < 1.29 is 23.5 Å². The molecule has 232 valence electrons. The van der Waals surface area contributed by atoms with Crippen LogP contribution in [0.2, 0.25) is 0 Å². The van der Waals surface area contributed by atoms with Crippen LogP contribution in [0.5, 0.6) is 0 Å². The van der Waals surface area contributed by atoms with E-state index in [2.05, 4.69) is 27.6 Å². The van der Waals surface area contributed by atoms with Crippen LogP contribution in [0.3, 0.4) is 0 Å². The highest BCUT2D eigenvalue weighted by Gasteiger charge is 2.45. The van der Waals surface area contributed by atoms with Gasteiger partial charge in [0.25, 0.3) is 11.8 Å². The number of thiophene rings is 1. The highest BCUT2D eigenvalue weighted by Crippen LogP contribution is 2.49. The number of benzene rings is 2. The topological polar surface area (TPSA) is 121 Å². The SMILES string of the molecule is Cc1nnc(-c2c(C[C@@H](O)c3ccc(F)cc3)nc3c(c2-c2ccc(C(=O)N[C@H]4CCc5ccccc54)s2)C(=O)N2CCC[C@@H]32)o1. The zero-order valence-electron chi connectivity index (χ0n) is 25.0. The Hall–Kier alpha value is -4.74. The molecule has 1 saturated heterocycles. The van der Waals surface area contributed by atoms with Gasteiger partial charge in [0.1, 0.15) is 5.82 Å². The maximum atomic E-state index is 14.0. The molecule has 3 aromatic heterocycles. The molecule has 0 unspecified atom stereocenters. The maximum Gasteiger partial charge on any atom is 0.261 e. The molecule has 1 aliphatic carbocycles. The molecule has 2 amide bonds. The predicted octanol–water partition coefficient (Wildman–Crippen LogP) is 6.29. The Kier molecular flexibility index (Phi) is 7.02. The Morgan fingerprint density at radius 1 is 1.09 bits per heavy atom. The summed E-state index contributed by atoms with van der Waals surface area (Å²) in [6, 6.07) is 17.2. The lowest BCUT2D eigenvalue weighted by molar-refractivity contribution is 0.0775. The molecule has 2 aromatic carbocycles. The smallest absolute Gasteiger partial charge is 0.261 e. The van der Waals surface area contributed by atoms with Crippen molar-refractivity contribution in [2.45, 2.75) is 57.2 Å². The molecule has 2 N–H and O–H groups in total. The monoisotopic (exact) mass is 635 g/mol. The average molecular weight is 636 g/mol. The van der Waals surface area contributed by atoms with Gasteiger partial charge in [0.05, 0.1) is 45.6 Å². The molecule has 5 aromatic rings. The molecule has 0 radical (unpaired) electrons. The molecule has 9 nitrogen and oxygen atoms in total. The summed E-state index contributed by atoms with van der Waals surface area (Å²) < 4.78 is 19.6. The van der Waals surface area contributed by atoms with Crippen molar-refractivity contribution in [2.24, 2.45) is 0 Å². The zero-order chi connectivity index (χ0) is 31.5. The summed E-state index contributed by atoms with van der Waals surface area (Å²) in [5.41, 5.74) is 5.55. The highest BCUT2D eigenvalue weighted by atomic mass is 32.1. The zero-order valence-corrected chi connectivity index (χ0v) is 25.8. The quantitative estimate of drug-likeness (QED) is 0.216. The van der Waals surface area contributed by atoms with E-state index in [4.69, 9.17) is 9.40 Å². The maximum absolute atomic E-state index is 14.0. The minimum atomic E-state index is -1.02. The van der Waals surface area contributed by atoms with Crippen LogP contribution >= 0.6 is 11.3 Å². The molecule has 0 saturated carbocycles. The second-order valence-electron chi connectivity index (χ2n) is 12.1. The summed E-state index contributed by atoms with van der Waals surface area (Å²) in [4.78, 5) is 35.7. The van der Waals surface area contributed by atoms with Crippen molar-refractivity contribution in [3.63, 3.8) is 0 Å². The third-order valence-corrected chi connectivity index (χ3v) is 10.3. The summed E-state index contributed by atoms with van der Waals surface area (Å²) in [6.45, 7) is 2.31.